The molecule has 0 saturated carbocycles. The van der Waals surface area contributed by atoms with Gasteiger partial charge in [0.15, 0.2) is 11.9 Å². The molecule has 24 heavy (non-hydrogen) atoms. The van der Waals surface area contributed by atoms with Crippen molar-refractivity contribution in [2.24, 2.45) is 0 Å². The van der Waals surface area contributed by atoms with Crippen molar-refractivity contribution < 1.29 is 9.53 Å². The highest BCUT2D eigenvalue weighted by molar-refractivity contribution is 9.10. The van der Waals surface area contributed by atoms with E-state index in [9.17, 15) is 4.79 Å². The Morgan fingerprint density at radius 1 is 0.833 bits per heavy atom. The van der Waals surface area contributed by atoms with Gasteiger partial charge in [0.05, 0.1) is 0 Å². The van der Waals surface area contributed by atoms with Crippen LogP contribution in [0.1, 0.15) is 22.0 Å². The van der Waals surface area contributed by atoms with E-state index in [0.717, 1.165) is 21.2 Å². The van der Waals surface area contributed by atoms with Gasteiger partial charge in [0, 0.05) is 10.0 Å². The number of benzene rings is 3. The first-order chi connectivity index (χ1) is 11.7. The minimum atomic E-state index is -0.373. The Labute approximate surface area is 149 Å². The first-order valence-corrected chi connectivity index (χ1v) is 8.62. The molecule has 3 heteroatoms. The second kappa shape index (κ2) is 6.34. The van der Waals surface area contributed by atoms with Crippen molar-refractivity contribution in [3.8, 4) is 11.1 Å². The van der Waals surface area contributed by atoms with Crippen LogP contribution in [0.5, 0.6) is 0 Å². The first kappa shape index (κ1) is 15.3. The van der Waals surface area contributed by atoms with Gasteiger partial charge >= 0.3 is 0 Å². The average Bonchev–Trinajstić information content (AvgIpc) is 3.43. The number of ether oxygens (including phenoxy) is 1. The zero-order valence-electron chi connectivity index (χ0n) is 12.9. The van der Waals surface area contributed by atoms with E-state index < -0.39 is 0 Å². The van der Waals surface area contributed by atoms with E-state index in [0.29, 0.717) is 5.56 Å². The molecule has 0 aromatic heterocycles. The van der Waals surface area contributed by atoms with Gasteiger partial charge in [-0.1, -0.05) is 82.7 Å². The van der Waals surface area contributed by atoms with Crippen LogP contribution in [0.15, 0.2) is 83.3 Å². The summed E-state index contributed by atoms with van der Waals surface area (Å²) in [6.07, 6.45) is -0.509. The van der Waals surface area contributed by atoms with Gasteiger partial charge in [-0.05, 0) is 28.8 Å². The molecular weight excluding hydrogens is 364 g/mol. The lowest BCUT2D eigenvalue weighted by Gasteiger charge is -2.03. The summed E-state index contributed by atoms with van der Waals surface area (Å²) in [7, 11) is 0. The van der Waals surface area contributed by atoms with Gasteiger partial charge < -0.3 is 4.74 Å². The van der Waals surface area contributed by atoms with Crippen LogP contribution in [-0.4, -0.2) is 11.9 Å². The summed E-state index contributed by atoms with van der Waals surface area (Å²) in [5.41, 5.74) is 3.97. The zero-order valence-corrected chi connectivity index (χ0v) is 14.4. The SMILES string of the molecule is O=C(c1ccc(-c2ccccc2)cc1)[C@H]1O[C@@H]1c1cccc(Br)c1. The summed E-state index contributed by atoms with van der Waals surface area (Å²) in [4.78, 5) is 12.6. The highest BCUT2D eigenvalue weighted by Gasteiger charge is 2.46. The first-order valence-electron chi connectivity index (χ1n) is 7.83. The second-order valence-electron chi connectivity index (χ2n) is 5.84. The van der Waals surface area contributed by atoms with E-state index in [4.69, 9.17) is 4.74 Å². The summed E-state index contributed by atoms with van der Waals surface area (Å²) in [5.74, 6) is 0.0413. The molecule has 0 radical (unpaired) electrons. The second-order valence-corrected chi connectivity index (χ2v) is 6.76. The fourth-order valence-electron chi connectivity index (χ4n) is 2.87. The van der Waals surface area contributed by atoms with Crippen LogP contribution >= 0.6 is 15.9 Å². The number of carbonyl (C=O) groups is 1. The maximum absolute atomic E-state index is 12.6. The highest BCUT2D eigenvalue weighted by Crippen LogP contribution is 2.41. The molecule has 0 amide bonds. The number of rotatable bonds is 4. The third-order valence-electron chi connectivity index (χ3n) is 4.20. The van der Waals surface area contributed by atoms with E-state index in [-0.39, 0.29) is 18.0 Å². The molecule has 1 aliphatic heterocycles. The van der Waals surface area contributed by atoms with E-state index in [1.807, 2.05) is 66.7 Å². The van der Waals surface area contributed by atoms with Crippen molar-refractivity contribution in [1.29, 1.82) is 0 Å². The standard InChI is InChI=1S/C21H15BrO2/c22-18-8-4-7-17(13-18)20-21(24-20)19(23)16-11-9-15(10-12-16)14-5-2-1-3-6-14/h1-13,20-21H/t20-,21-/m1/s1. The van der Waals surface area contributed by atoms with Crippen molar-refractivity contribution in [3.63, 3.8) is 0 Å². The average molecular weight is 379 g/mol. The third kappa shape index (κ3) is 3.05. The zero-order chi connectivity index (χ0) is 16.5. The molecule has 4 rings (SSSR count). The van der Waals surface area contributed by atoms with Gasteiger partial charge in [-0.3, -0.25) is 4.79 Å². The predicted molar refractivity (Wildman–Crippen MR) is 98.0 cm³/mol. The van der Waals surface area contributed by atoms with Crippen LogP contribution in [0.25, 0.3) is 11.1 Å². The normalized spacial score (nSPS) is 19.0. The molecule has 1 heterocycles. The Morgan fingerprint density at radius 3 is 2.25 bits per heavy atom. The Morgan fingerprint density at radius 2 is 1.54 bits per heavy atom. The number of epoxide rings is 1. The topological polar surface area (TPSA) is 29.6 Å². The lowest BCUT2D eigenvalue weighted by molar-refractivity contribution is 0.0953. The maximum atomic E-state index is 12.6. The van der Waals surface area contributed by atoms with E-state index in [1.54, 1.807) is 0 Å². The number of Topliss-reactive ketones (excluding diaryl/α,β-unsaturated/α-hetero) is 1. The van der Waals surface area contributed by atoms with E-state index in [1.165, 1.54) is 0 Å². The smallest absolute Gasteiger partial charge is 0.194 e. The molecule has 1 saturated heterocycles. The Bertz CT molecular complexity index is 872. The van der Waals surface area contributed by atoms with E-state index in [2.05, 4.69) is 28.1 Å². The van der Waals surface area contributed by atoms with Crippen molar-refractivity contribution in [1.82, 2.24) is 0 Å². The van der Waals surface area contributed by atoms with Crippen LogP contribution in [0.4, 0.5) is 0 Å². The van der Waals surface area contributed by atoms with Crippen LogP contribution in [-0.2, 0) is 4.74 Å². The summed E-state index contributed by atoms with van der Waals surface area (Å²) >= 11 is 3.45. The molecule has 0 aliphatic carbocycles. The summed E-state index contributed by atoms with van der Waals surface area (Å²) in [5, 5.41) is 0. The molecule has 0 bridgehead atoms. The molecule has 2 nitrogen and oxygen atoms in total. The minimum absolute atomic E-state index is 0.0413. The monoisotopic (exact) mass is 378 g/mol. The van der Waals surface area contributed by atoms with Gasteiger partial charge in [0.1, 0.15) is 6.10 Å². The van der Waals surface area contributed by atoms with Gasteiger partial charge in [-0.25, -0.2) is 0 Å². The fraction of sp³-hybridized carbons (Fsp3) is 0.0952. The Kier molecular flexibility index (Phi) is 4.05. The molecule has 1 fully saturated rings. The van der Waals surface area contributed by atoms with Crippen molar-refractivity contribution in [2.75, 3.05) is 0 Å². The maximum Gasteiger partial charge on any atom is 0.194 e. The number of ketones is 1. The fourth-order valence-corrected chi connectivity index (χ4v) is 3.29. The quantitative estimate of drug-likeness (QED) is 0.446. The van der Waals surface area contributed by atoms with E-state index >= 15 is 0 Å². The highest BCUT2D eigenvalue weighted by atomic mass is 79.9. The summed E-state index contributed by atoms with van der Waals surface area (Å²) < 4.78 is 6.61. The van der Waals surface area contributed by atoms with Crippen LogP contribution in [0.3, 0.4) is 0 Å². The van der Waals surface area contributed by atoms with Crippen LogP contribution < -0.4 is 0 Å². The largest absolute Gasteiger partial charge is 0.356 e. The molecule has 2 atom stereocenters. The molecule has 118 valence electrons. The van der Waals surface area contributed by atoms with Crippen molar-refractivity contribution in [2.45, 2.75) is 12.2 Å². The molecule has 1 aliphatic rings. The number of halogens is 1. The lowest BCUT2D eigenvalue weighted by Crippen LogP contribution is -2.08. The van der Waals surface area contributed by atoms with Crippen molar-refractivity contribution >= 4 is 21.7 Å². The molecule has 3 aromatic rings. The number of hydrogen-bond donors (Lipinski definition) is 0. The van der Waals surface area contributed by atoms with Gasteiger partial charge in [0.25, 0.3) is 0 Å². The Balaban J connectivity index is 1.50. The summed E-state index contributed by atoms with van der Waals surface area (Å²) in [6.45, 7) is 0. The van der Waals surface area contributed by atoms with Gasteiger partial charge in [-0.2, -0.15) is 0 Å². The molecule has 0 unspecified atom stereocenters. The number of carbonyl (C=O) groups excluding carboxylic acids is 1. The predicted octanol–water partition coefficient (Wildman–Crippen LogP) is 5.44. The number of hydrogen-bond acceptors (Lipinski definition) is 2. The molecular formula is C21H15BrO2. The summed E-state index contributed by atoms with van der Waals surface area (Å²) in [6, 6.07) is 25.8. The van der Waals surface area contributed by atoms with Gasteiger partial charge in [0.2, 0.25) is 0 Å². The molecule has 0 N–H and O–H groups in total. The lowest BCUT2D eigenvalue weighted by atomic mass is 9.99. The molecule has 3 aromatic carbocycles. The van der Waals surface area contributed by atoms with Crippen LogP contribution in [0.2, 0.25) is 0 Å². The van der Waals surface area contributed by atoms with Crippen molar-refractivity contribution in [3.05, 3.63) is 94.5 Å². The minimum Gasteiger partial charge on any atom is -0.356 e. The Hall–Kier alpha value is -2.23. The van der Waals surface area contributed by atoms with Crippen LogP contribution in [0, 0.1) is 0 Å². The molecule has 0 spiro atoms. The van der Waals surface area contributed by atoms with Gasteiger partial charge in [-0.15, -0.1) is 0 Å². The third-order valence-corrected chi connectivity index (χ3v) is 4.70.